The van der Waals surface area contributed by atoms with Crippen molar-refractivity contribution in [1.82, 2.24) is 10.2 Å². The molecule has 1 aromatic carbocycles. The number of esters is 1. The molecule has 0 radical (unpaired) electrons. The summed E-state index contributed by atoms with van der Waals surface area (Å²) in [5.41, 5.74) is 3.53. The van der Waals surface area contributed by atoms with E-state index in [0.717, 1.165) is 0 Å². The summed E-state index contributed by atoms with van der Waals surface area (Å²) >= 11 is 0. The van der Waals surface area contributed by atoms with Crippen LogP contribution >= 0.6 is 0 Å². The maximum absolute atomic E-state index is 11.9. The van der Waals surface area contributed by atoms with E-state index in [2.05, 4.69) is 20.9 Å². The molecule has 0 spiro atoms. The number of carbonyl (C=O) groups is 2. The van der Waals surface area contributed by atoms with Gasteiger partial charge in [0.2, 0.25) is 0 Å². The number of rotatable bonds is 5. The fourth-order valence-electron chi connectivity index (χ4n) is 1.94. The van der Waals surface area contributed by atoms with Crippen LogP contribution in [0.2, 0.25) is 0 Å². The number of H-pyrrole nitrogens is 1. The summed E-state index contributed by atoms with van der Waals surface area (Å²) in [4.78, 5) is 23.5. The summed E-state index contributed by atoms with van der Waals surface area (Å²) in [6.07, 6.45) is -0.637. The molecule has 9 nitrogen and oxygen atoms in total. The van der Waals surface area contributed by atoms with E-state index in [4.69, 9.17) is 15.3 Å². The molecular formula is C13H17N5O4. The van der Waals surface area contributed by atoms with Gasteiger partial charge in [-0.2, -0.15) is 5.10 Å². The smallest absolute Gasteiger partial charge is 0.411 e. The molecule has 0 aliphatic rings. The van der Waals surface area contributed by atoms with Crippen molar-refractivity contribution in [2.45, 2.75) is 13.8 Å². The van der Waals surface area contributed by atoms with Crippen LogP contribution in [-0.4, -0.2) is 35.5 Å². The third kappa shape index (κ3) is 3.09. The van der Waals surface area contributed by atoms with Crippen molar-refractivity contribution in [3.05, 3.63) is 17.7 Å². The van der Waals surface area contributed by atoms with E-state index in [-0.39, 0.29) is 18.8 Å². The van der Waals surface area contributed by atoms with Crippen LogP contribution in [0.4, 0.5) is 16.3 Å². The first-order valence-corrected chi connectivity index (χ1v) is 6.70. The van der Waals surface area contributed by atoms with Crippen LogP contribution in [0.15, 0.2) is 12.1 Å². The van der Waals surface area contributed by atoms with Crippen molar-refractivity contribution < 1.29 is 19.1 Å². The number of hydrogen-bond donors (Lipinski definition) is 4. The largest absolute Gasteiger partial charge is 0.462 e. The normalized spacial score (nSPS) is 10.3. The van der Waals surface area contributed by atoms with Crippen LogP contribution in [0.1, 0.15) is 24.2 Å². The standard InChI is InChI=1S/C13H17N5O4/c1-3-21-12(19)7-5-8-10(17-18-11(8)16-14)9(6-7)15-13(20)22-4-2/h5-6H,3-4,14H2,1-2H3,(H,15,20)(H2,16,17,18). The zero-order chi connectivity index (χ0) is 16.1. The number of aromatic nitrogens is 2. The average molecular weight is 307 g/mol. The van der Waals surface area contributed by atoms with Gasteiger partial charge < -0.3 is 14.9 Å². The number of nitrogens with two attached hydrogens (primary N) is 1. The number of nitrogen functional groups attached to an aromatic ring is 1. The van der Waals surface area contributed by atoms with E-state index >= 15 is 0 Å². The van der Waals surface area contributed by atoms with Crippen molar-refractivity contribution in [2.75, 3.05) is 24.0 Å². The molecule has 118 valence electrons. The van der Waals surface area contributed by atoms with Gasteiger partial charge in [-0.15, -0.1) is 0 Å². The predicted octanol–water partition coefficient (Wildman–Crippen LogP) is 1.59. The lowest BCUT2D eigenvalue weighted by atomic mass is 10.1. The lowest BCUT2D eigenvalue weighted by Gasteiger charge is -2.09. The summed E-state index contributed by atoms with van der Waals surface area (Å²) in [6, 6.07) is 3.05. The Labute approximate surface area is 126 Å². The van der Waals surface area contributed by atoms with Crippen molar-refractivity contribution in [1.29, 1.82) is 0 Å². The lowest BCUT2D eigenvalue weighted by Crippen LogP contribution is -2.14. The molecule has 9 heteroatoms. The molecule has 0 saturated carbocycles. The molecule has 0 fully saturated rings. The second-order valence-electron chi connectivity index (χ2n) is 4.23. The van der Waals surface area contributed by atoms with E-state index < -0.39 is 12.1 Å². The summed E-state index contributed by atoms with van der Waals surface area (Å²) in [7, 11) is 0. The number of aromatic amines is 1. The Hall–Kier alpha value is -2.81. The Bertz CT molecular complexity index is 697. The molecule has 0 unspecified atom stereocenters. The molecule has 1 aromatic heterocycles. The van der Waals surface area contributed by atoms with Gasteiger partial charge in [0.25, 0.3) is 0 Å². The van der Waals surface area contributed by atoms with Gasteiger partial charge in [-0.05, 0) is 26.0 Å². The molecule has 0 bridgehead atoms. The van der Waals surface area contributed by atoms with Gasteiger partial charge in [-0.1, -0.05) is 0 Å². The highest BCUT2D eigenvalue weighted by molar-refractivity contribution is 6.06. The SMILES string of the molecule is CCOC(=O)Nc1cc(C(=O)OCC)cc2c(NN)n[nH]c12. The molecule has 0 atom stereocenters. The Balaban J connectivity index is 2.49. The first-order valence-electron chi connectivity index (χ1n) is 6.70. The molecule has 0 aliphatic carbocycles. The summed E-state index contributed by atoms with van der Waals surface area (Å²) in [5, 5.41) is 9.80. The fraction of sp³-hybridized carbons (Fsp3) is 0.308. The van der Waals surface area contributed by atoms with Crippen LogP contribution in [-0.2, 0) is 9.47 Å². The summed E-state index contributed by atoms with van der Waals surface area (Å²) in [5.74, 6) is 5.21. The number of amides is 1. The van der Waals surface area contributed by atoms with Crippen molar-refractivity contribution in [2.24, 2.45) is 5.84 Å². The Kier molecular flexibility index (Phi) is 4.79. The molecule has 1 heterocycles. The van der Waals surface area contributed by atoms with Gasteiger partial charge in [0.05, 0.1) is 30.0 Å². The number of hydrazine groups is 1. The number of carbonyl (C=O) groups excluding carboxylic acids is 2. The minimum Gasteiger partial charge on any atom is -0.462 e. The van der Waals surface area contributed by atoms with Gasteiger partial charge in [-0.3, -0.25) is 10.4 Å². The molecule has 1 amide bonds. The second-order valence-corrected chi connectivity index (χ2v) is 4.23. The minimum atomic E-state index is -0.637. The quantitative estimate of drug-likeness (QED) is 0.374. The van der Waals surface area contributed by atoms with Gasteiger partial charge >= 0.3 is 12.1 Å². The molecule has 2 aromatic rings. The molecular weight excluding hydrogens is 290 g/mol. The molecule has 2 rings (SSSR count). The molecule has 5 N–H and O–H groups in total. The zero-order valence-corrected chi connectivity index (χ0v) is 12.2. The highest BCUT2D eigenvalue weighted by atomic mass is 16.5. The molecule has 0 aliphatic heterocycles. The monoisotopic (exact) mass is 307 g/mol. The number of anilines is 2. The van der Waals surface area contributed by atoms with E-state index in [1.807, 2.05) is 0 Å². The van der Waals surface area contributed by atoms with Gasteiger partial charge in [0.15, 0.2) is 5.82 Å². The van der Waals surface area contributed by atoms with Gasteiger partial charge in [0.1, 0.15) is 0 Å². The lowest BCUT2D eigenvalue weighted by molar-refractivity contribution is 0.0526. The number of nitrogens with zero attached hydrogens (tertiary/aromatic N) is 1. The van der Waals surface area contributed by atoms with Crippen LogP contribution in [0.3, 0.4) is 0 Å². The highest BCUT2D eigenvalue weighted by Gasteiger charge is 2.17. The maximum atomic E-state index is 11.9. The Morgan fingerprint density at radius 1 is 1.27 bits per heavy atom. The Morgan fingerprint density at radius 3 is 2.64 bits per heavy atom. The molecule has 0 saturated heterocycles. The molecule has 22 heavy (non-hydrogen) atoms. The third-order valence-corrected chi connectivity index (χ3v) is 2.83. The van der Waals surface area contributed by atoms with E-state index in [1.54, 1.807) is 19.9 Å². The topological polar surface area (TPSA) is 131 Å². The number of nitrogens with one attached hydrogen (secondary N) is 3. The van der Waals surface area contributed by atoms with Crippen molar-refractivity contribution in [3.63, 3.8) is 0 Å². The first kappa shape index (κ1) is 15.6. The first-order chi connectivity index (χ1) is 10.6. The second kappa shape index (κ2) is 6.76. The van der Waals surface area contributed by atoms with Crippen molar-refractivity contribution in [3.8, 4) is 0 Å². The predicted molar refractivity (Wildman–Crippen MR) is 80.5 cm³/mol. The van der Waals surface area contributed by atoms with Crippen LogP contribution in [0.25, 0.3) is 10.9 Å². The van der Waals surface area contributed by atoms with E-state index in [0.29, 0.717) is 22.4 Å². The zero-order valence-electron chi connectivity index (χ0n) is 12.2. The third-order valence-electron chi connectivity index (χ3n) is 2.83. The number of benzene rings is 1. The van der Waals surface area contributed by atoms with Crippen molar-refractivity contribution >= 4 is 34.5 Å². The minimum absolute atomic E-state index is 0.227. The fourth-order valence-corrected chi connectivity index (χ4v) is 1.94. The van der Waals surface area contributed by atoms with E-state index in [1.165, 1.54) is 6.07 Å². The van der Waals surface area contributed by atoms with Gasteiger partial charge in [-0.25, -0.2) is 15.4 Å². The van der Waals surface area contributed by atoms with Gasteiger partial charge in [0, 0.05) is 5.39 Å². The van der Waals surface area contributed by atoms with E-state index in [9.17, 15) is 9.59 Å². The van der Waals surface area contributed by atoms with Crippen LogP contribution in [0.5, 0.6) is 0 Å². The number of fused-ring (bicyclic) bond motifs is 1. The summed E-state index contributed by atoms with van der Waals surface area (Å²) < 4.78 is 9.80. The van der Waals surface area contributed by atoms with Crippen LogP contribution in [0, 0.1) is 0 Å². The highest BCUT2D eigenvalue weighted by Crippen LogP contribution is 2.29. The van der Waals surface area contributed by atoms with Crippen LogP contribution < -0.4 is 16.6 Å². The number of hydrogen-bond acceptors (Lipinski definition) is 7. The Morgan fingerprint density at radius 2 is 2.00 bits per heavy atom. The average Bonchev–Trinajstić information content (AvgIpc) is 2.91. The number of ether oxygens (including phenoxy) is 2. The summed E-state index contributed by atoms with van der Waals surface area (Å²) in [6.45, 7) is 3.87. The maximum Gasteiger partial charge on any atom is 0.411 e.